The fourth-order valence-corrected chi connectivity index (χ4v) is 2.49. The number of carbonyl (C=O) groups excluding carboxylic acids is 2. The van der Waals surface area contributed by atoms with E-state index in [2.05, 4.69) is 0 Å². The van der Waals surface area contributed by atoms with Gasteiger partial charge >= 0.3 is 0 Å². The molecule has 0 amide bonds. The van der Waals surface area contributed by atoms with E-state index in [4.69, 9.17) is 0 Å². The van der Waals surface area contributed by atoms with Crippen molar-refractivity contribution in [3.8, 4) is 11.1 Å². The van der Waals surface area contributed by atoms with E-state index in [1.54, 1.807) is 12.1 Å². The third-order valence-corrected chi connectivity index (χ3v) is 3.77. The van der Waals surface area contributed by atoms with E-state index in [0.717, 1.165) is 17.4 Å². The first kappa shape index (κ1) is 14.9. The molecule has 2 nitrogen and oxygen atoms in total. The lowest BCUT2D eigenvalue weighted by Crippen LogP contribution is -1.95. The molecule has 1 aliphatic rings. The minimum atomic E-state index is -0.00751. The van der Waals surface area contributed by atoms with Crippen LogP contribution in [0.2, 0.25) is 0 Å². The van der Waals surface area contributed by atoms with Crippen molar-refractivity contribution >= 4 is 12.1 Å². The average Bonchev–Trinajstić information content (AvgIpc) is 3.13. The normalized spacial score (nSPS) is 13.7. The molecule has 0 radical (unpaired) electrons. The first-order chi connectivity index (χ1) is 11.3. The van der Waals surface area contributed by atoms with Crippen molar-refractivity contribution in [2.24, 2.45) is 5.92 Å². The van der Waals surface area contributed by atoms with Crippen molar-refractivity contribution in [3.05, 3.63) is 96.1 Å². The standard InChI is InChI=1S/C21H16O2/c22-15-17-6-3-7-20(14-17)18-9-11-19(12-10-18)21(23)13-8-16-4-1-2-5-16/h1-16H/b13-8+. The van der Waals surface area contributed by atoms with Crippen LogP contribution in [0.1, 0.15) is 20.7 Å². The first-order valence-corrected chi connectivity index (χ1v) is 7.49. The number of rotatable bonds is 5. The van der Waals surface area contributed by atoms with Crippen molar-refractivity contribution in [2.45, 2.75) is 0 Å². The molecule has 0 fully saturated rings. The Hall–Kier alpha value is -3.00. The topological polar surface area (TPSA) is 34.1 Å². The monoisotopic (exact) mass is 300 g/mol. The van der Waals surface area contributed by atoms with Crippen molar-refractivity contribution in [3.63, 3.8) is 0 Å². The fourth-order valence-electron chi connectivity index (χ4n) is 2.49. The highest BCUT2D eigenvalue weighted by molar-refractivity contribution is 6.04. The van der Waals surface area contributed by atoms with Gasteiger partial charge in [-0.3, -0.25) is 9.59 Å². The van der Waals surface area contributed by atoms with E-state index >= 15 is 0 Å². The van der Waals surface area contributed by atoms with Gasteiger partial charge in [0.25, 0.3) is 0 Å². The van der Waals surface area contributed by atoms with Crippen LogP contribution < -0.4 is 0 Å². The Morgan fingerprint density at radius 3 is 2.35 bits per heavy atom. The zero-order valence-corrected chi connectivity index (χ0v) is 12.6. The Bertz CT molecular complexity index is 796. The molecule has 0 aliphatic heterocycles. The Morgan fingerprint density at radius 1 is 0.913 bits per heavy atom. The molecule has 2 aromatic rings. The van der Waals surface area contributed by atoms with Gasteiger partial charge in [0.1, 0.15) is 6.29 Å². The van der Waals surface area contributed by atoms with Gasteiger partial charge in [-0.1, -0.05) is 72.8 Å². The number of benzene rings is 2. The molecule has 0 unspecified atom stereocenters. The molecular formula is C21H16O2. The Labute approximate surface area is 135 Å². The predicted octanol–water partition coefficient (Wildman–Crippen LogP) is 4.65. The van der Waals surface area contributed by atoms with Crippen LogP contribution in [0.3, 0.4) is 0 Å². The molecule has 0 aromatic heterocycles. The summed E-state index contributed by atoms with van der Waals surface area (Å²) in [6.07, 6.45) is 12.4. The van der Waals surface area contributed by atoms with Gasteiger partial charge in [-0.05, 0) is 23.3 Å². The summed E-state index contributed by atoms with van der Waals surface area (Å²) in [5.41, 5.74) is 3.24. The Balaban J connectivity index is 1.76. The quantitative estimate of drug-likeness (QED) is 0.457. The van der Waals surface area contributed by atoms with Crippen LogP contribution in [0.25, 0.3) is 11.1 Å². The maximum Gasteiger partial charge on any atom is 0.185 e. The summed E-state index contributed by atoms with van der Waals surface area (Å²) in [6, 6.07) is 14.8. The van der Waals surface area contributed by atoms with Crippen molar-refractivity contribution < 1.29 is 9.59 Å². The number of hydrogen-bond donors (Lipinski definition) is 0. The van der Waals surface area contributed by atoms with Crippen LogP contribution in [-0.2, 0) is 0 Å². The van der Waals surface area contributed by atoms with Gasteiger partial charge in [-0.2, -0.15) is 0 Å². The second-order valence-electron chi connectivity index (χ2n) is 5.39. The lowest BCUT2D eigenvalue weighted by molar-refractivity contribution is 0.104. The summed E-state index contributed by atoms with van der Waals surface area (Å²) in [5.74, 6) is 0.205. The molecule has 2 heteroatoms. The fraction of sp³-hybridized carbons (Fsp3) is 0.0476. The molecular weight excluding hydrogens is 284 g/mol. The maximum absolute atomic E-state index is 12.2. The van der Waals surface area contributed by atoms with Gasteiger partial charge in [0.2, 0.25) is 0 Å². The summed E-state index contributed by atoms with van der Waals surface area (Å²) >= 11 is 0. The van der Waals surface area contributed by atoms with Gasteiger partial charge in [0.15, 0.2) is 5.78 Å². The SMILES string of the molecule is O=Cc1cccc(-c2ccc(C(=O)/C=C/C3C=CC=C3)cc2)c1. The second kappa shape index (κ2) is 6.84. The van der Waals surface area contributed by atoms with Crippen LogP contribution in [-0.4, -0.2) is 12.1 Å². The highest BCUT2D eigenvalue weighted by Crippen LogP contribution is 2.21. The van der Waals surface area contributed by atoms with Crippen molar-refractivity contribution in [1.82, 2.24) is 0 Å². The molecule has 3 rings (SSSR count). The summed E-state index contributed by atoms with van der Waals surface area (Å²) in [7, 11) is 0. The number of carbonyl (C=O) groups is 2. The van der Waals surface area contributed by atoms with E-state index in [1.165, 1.54) is 0 Å². The zero-order chi connectivity index (χ0) is 16.1. The largest absolute Gasteiger partial charge is 0.298 e. The van der Waals surface area contributed by atoms with Gasteiger partial charge in [-0.25, -0.2) is 0 Å². The summed E-state index contributed by atoms with van der Waals surface area (Å²) < 4.78 is 0. The highest BCUT2D eigenvalue weighted by Gasteiger charge is 2.05. The third-order valence-electron chi connectivity index (χ3n) is 3.77. The molecule has 2 aromatic carbocycles. The predicted molar refractivity (Wildman–Crippen MR) is 92.5 cm³/mol. The molecule has 0 atom stereocenters. The van der Waals surface area contributed by atoms with Crippen molar-refractivity contribution in [1.29, 1.82) is 0 Å². The number of aldehydes is 1. The minimum Gasteiger partial charge on any atom is -0.298 e. The molecule has 0 bridgehead atoms. The lowest BCUT2D eigenvalue weighted by Gasteiger charge is -2.04. The number of hydrogen-bond acceptors (Lipinski definition) is 2. The zero-order valence-electron chi connectivity index (χ0n) is 12.6. The molecule has 0 saturated carbocycles. The van der Waals surface area contributed by atoms with E-state index in [-0.39, 0.29) is 11.7 Å². The number of ketones is 1. The van der Waals surface area contributed by atoms with Gasteiger partial charge < -0.3 is 0 Å². The van der Waals surface area contributed by atoms with E-state index in [1.807, 2.05) is 72.8 Å². The molecule has 0 heterocycles. The maximum atomic E-state index is 12.2. The van der Waals surface area contributed by atoms with E-state index in [9.17, 15) is 9.59 Å². The van der Waals surface area contributed by atoms with Crippen LogP contribution in [0.4, 0.5) is 0 Å². The summed E-state index contributed by atoms with van der Waals surface area (Å²) in [5, 5.41) is 0. The van der Waals surface area contributed by atoms with Gasteiger partial charge in [0.05, 0.1) is 0 Å². The lowest BCUT2D eigenvalue weighted by atomic mass is 10.0. The average molecular weight is 300 g/mol. The first-order valence-electron chi connectivity index (χ1n) is 7.49. The van der Waals surface area contributed by atoms with Crippen LogP contribution >= 0.6 is 0 Å². The Kier molecular flexibility index (Phi) is 4.44. The molecule has 1 aliphatic carbocycles. The van der Waals surface area contributed by atoms with E-state index in [0.29, 0.717) is 11.1 Å². The third kappa shape index (κ3) is 3.61. The molecule has 0 spiro atoms. The van der Waals surface area contributed by atoms with Crippen LogP contribution in [0.15, 0.2) is 85.0 Å². The van der Waals surface area contributed by atoms with Gasteiger partial charge in [0, 0.05) is 17.0 Å². The Morgan fingerprint density at radius 2 is 1.65 bits per heavy atom. The minimum absolute atomic E-state index is 0.00751. The smallest absolute Gasteiger partial charge is 0.185 e. The molecule has 0 N–H and O–H groups in total. The number of allylic oxidation sites excluding steroid dienone is 6. The highest BCUT2D eigenvalue weighted by atomic mass is 16.1. The summed E-state index contributed by atoms with van der Waals surface area (Å²) in [6.45, 7) is 0. The summed E-state index contributed by atoms with van der Waals surface area (Å²) in [4.78, 5) is 23.0. The van der Waals surface area contributed by atoms with Gasteiger partial charge in [-0.15, -0.1) is 0 Å². The van der Waals surface area contributed by atoms with Crippen LogP contribution in [0.5, 0.6) is 0 Å². The second-order valence-corrected chi connectivity index (χ2v) is 5.39. The molecule has 0 saturated heterocycles. The molecule has 112 valence electrons. The van der Waals surface area contributed by atoms with Crippen molar-refractivity contribution in [2.75, 3.05) is 0 Å². The van der Waals surface area contributed by atoms with E-state index < -0.39 is 0 Å². The van der Waals surface area contributed by atoms with Crippen LogP contribution in [0, 0.1) is 5.92 Å². The molecule has 23 heavy (non-hydrogen) atoms.